The Bertz CT molecular complexity index is 879. The van der Waals surface area contributed by atoms with Crippen molar-refractivity contribution in [3.8, 4) is 21.9 Å². The Morgan fingerprint density at radius 2 is 1.65 bits per heavy atom. The predicted octanol–water partition coefficient (Wildman–Crippen LogP) is 5.36. The van der Waals surface area contributed by atoms with Crippen LogP contribution in [0.4, 0.5) is 0 Å². The van der Waals surface area contributed by atoms with Gasteiger partial charge in [0.05, 0.1) is 14.9 Å². The smallest absolute Gasteiger partial charge is 0.203 e. The summed E-state index contributed by atoms with van der Waals surface area (Å²) in [5.41, 5.74) is 1.14. The normalized spacial score (nSPS) is 10.7. The summed E-state index contributed by atoms with van der Waals surface area (Å²) >= 11 is 13.1. The third-order valence-corrected chi connectivity index (χ3v) is 4.95. The molecule has 0 unspecified atom stereocenters. The Hall–Kier alpha value is -2.01. The molecule has 0 bridgehead atoms. The molecule has 0 radical (unpaired) electrons. The number of carbonyl (C=O) groups excluding carboxylic acids is 1. The second-order valence-electron chi connectivity index (χ2n) is 4.83. The van der Waals surface area contributed by atoms with Crippen molar-refractivity contribution >= 4 is 40.3 Å². The van der Waals surface area contributed by atoms with Gasteiger partial charge in [-0.15, -0.1) is 11.3 Å². The predicted molar refractivity (Wildman–Crippen MR) is 93.0 cm³/mol. The molecule has 3 nitrogen and oxygen atoms in total. The van der Waals surface area contributed by atoms with Crippen molar-refractivity contribution in [1.29, 1.82) is 0 Å². The molecule has 0 atom stereocenters. The largest absolute Gasteiger partial charge is 0.508 e. The molecule has 3 rings (SSSR count). The lowest BCUT2D eigenvalue weighted by molar-refractivity contribution is 0.104. The Kier molecular flexibility index (Phi) is 4.31. The Morgan fingerprint density at radius 1 is 0.957 bits per heavy atom. The average molecular weight is 365 g/mol. The molecule has 2 aromatic carbocycles. The van der Waals surface area contributed by atoms with Crippen LogP contribution in [0.2, 0.25) is 10.0 Å². The fourth-order valence-corrected chi connectivity index (χ4v) is 3.55. The number of carbonyl (C=O) groups is 1. The molecule has 0 aliphatic rings. The third kappa shape index (κ3) is 3.20. The molecule has 3 aromatic rings. The zero-order valence-corrected chi connectivity index (χ0v) is 13.9. The lowest BCUT2D eigenvalue weighted by Gasteiger charge is -2.03. The maximum atomic E-state index is 12.4. The third-order valence-electron chi connectivity index (χ3n) is 3.24. The summed E-state index contributed by atoms with van der Waals surface area (Å²) < 4.78 is 0. The number of hydrogen-bond donors (Lipinski definition) is 2. The number of halogens is 2. The number of thiophene rings is 1. The summed E-state index contributed by atoms with van der Waals surface area (Å²) in [6.45, 7) is 0. The first-order valence-corrected chi connectivity index (χ1v) is 8.15. The molecule has 0 spiro atoms. The molecule has 0 amide bonds. The zero-order chi connectivity index (χ0) is 16.6. The second kappa shape index (κ2) is 6.24. The van der Waals surface area contributed by atoms with E-state index in [2.05, 4.69) is 0 Å². The van der Waals surface area contributed by atoms with Gasteiger partial charge in [0, 0.05) is 10.4 Å². The molecule has 23 heavy (non-hydrogen) atoms. The monoisotopic (exact) mass is 364 g/mol. The van der Waals surface area contributed by atoms with Crippen LogP contribution in [0.1, 0.15) is 15.2 Å². The summed E-state index contributed by atoms with van der Waals surface area (Å²) in [7, 11) is 0. The molecule has 0 fully saturated rings. The van der Waals surface area contributed by atoms with E-state index in [9.17, 15) is 15.0 Å². The first kappa shape index (κ1) is 15.9. The van der Waals surface area contributed by atoms with E-state index in [1.54, 1.807) is 36.4 Å². The van der Waals surface area contributed by atoms with Crippen LogP contribution in [0.3, 0.4) is 0 Å². The second-order valence-corrected chi connectivity index (χ2v) is 6.73. The van der Waals surface area contributed by atoms with Gasteiger partial charge in [0.1, 0.15) is 5.75 Å². The zero-order valence-electron chi connectivity index (χ0n) is 11.6. The van der Waals surface area contributed by atoms with Crippen molar-refractivity contribution in [2.45, 2.75) is 0 Å². The molecule has 1 heterocycles. The number of hydrogen-bond acceptors (Lipinski definition) is 4. The maximum Gasteiger partial charge on any atom is 0.203 e. The van der Waals surface area contributed by atoms with Gasteiger partial charge in [-0.05, 0) is 42.0 Å². The quantitative estimate of drug-likeness (QED) is 0.614. The van der Waals surface area contributed by atoms with Gasteiger partial charge in [-0.1, -0.05) is 35.3 Å². The van der Waals surface area contributed by atoms with Crippen molar-refractivity contribution in [3.05, 3.63) is 69.0 Å². The number of phenolic OH excluding ortho intramolecular Hbond substituents is 2. The van der Waals surface area contributed by atoms with Gasteiger partial charge in [-0.3, -0.25) is 4.79 Å². The van der Waals surface area contributed by atoms with Gasteiger partial charge in [0.15, 0.2) is 5.75 Å². The number of benzene rings is 2. The van der Waals surface area contributed by atoms with E-state index in [0.717, 1.165) is 10.4 Å². The highest BCUT2D eigenvalue weighted by Crippen LogP contribution is 2.38. The van der Waals surface area contributed by atoms with E-state index >= 15 is 0 Å². The van der Waals surface area contributed by atoms with Gasteiger partial charge in [0.25, 0.3) is 0 Å². The highest BCUT2D eigenvalue weighted by atomic mass is 35.5. The molecule has 0 aliphatic carbocycles. The highest BCUT2D eigenvalue weighted by molar-refractivity contribution is 7.17. The van der Waals surface area contributed by atoms with Crippen LogP contribution in [0.15, 0.2) is 48.5 Å². The first-order valence-electron chi connectivity index (χ1n) is 6.57. The number of ketones is 1. The van der Waals surface area contributed by atoms with Crippen LogP contribution in [-0.2, 0) is 0 Å². The first-order chi connectivity index (χ1) is 11.0. The summed E-state index contributed by atoms with van der Waals surface area (Å²) in [5, 5.41) is 19.4. The van der Waals surface area contributed by atoms with Crippen molar-refractivity contribution in [3.63, 3.8) is 0 Å². The van der Waals surface area contributed by atoms with Gasteiger partial charge in [-0.25, -0.2) is 0 Å². The Morgan fingerprint density at radius 3 is 2.30 bits per heavy atom. The summed E-state index contributed by atoms with van der Waals surface area (Å²) in [5.74, 6) is -0.289. The SMILES string of the molecule is O=C(c1cccc(O)c1)c1ccc(-c2cc(Cl)c(O)c(Cl)c2)s1. The molecule has 0 aliphatic heterocycles. The highest BCUT2D eigenvalue weighted by Gasteiger charge is 2.15. The van der Waals surface area contributed by atoms with Crippen molar-refractivity contribution in [2.24, 2.45) is 0 Å². The molecule has 116 valence electrons. The lowest BCUT2D eigenvalue weighted by Crippen LogP contribution is -1.97. The minimum Gasteiger partial charge on any atom is -0.508 e. The maximum absolute atomic E-state index is 12.4. The number of aromatic hydroxyl groups is 2. The molecule has 2 N–H and O–H groups in total. The van der Waals surface area contributed by atoms with Gasteiger partial charge in [-0.2, -0.15) is 0 Å². The van der Waals surface area contributed by atoms with Crippen LogP contribution in [0, 0.1) is 0 Å². The van der Waals surface area contributed by atoms with Crippen LogP contribution in [0.5, 0.6) is 11.5 Å². The topological polar surface area (TPSA) is 57.5 Å². The van der Waals surface area contributed by atoms with Crippen molar-refractivity contribution in [2.75, 3.05) is 0 Å². The van der Waals surface area contributed by atoms with Crippen molar-refractivity contribution < 1.29 is 15.0 Å². The van der Waals surface area contributed by atoms with Crippen LogP contribution in [0.25, 0.3) is 10.4 Å². The van der Waals surface area contributed by atoms with E-state index < -0.39 is 0 Å². The molecular weight excluding hydrogens is 355 g/mol. The van der Waals surface area contributed by atoms with Gasteiger partial charge in [0.2, 0.25) is 5.78 Å². The molecule has 0 saturated heterocycles. The summed E-state index contributed by atoms with van der Waals surface area (Å²) in [6, 6.07) is 12.9. The lowest BCUT2D eigenvalue weighted by atomic mass is 10.1. The Balaban J connectivity index is 1.96. The fraction of sp³-hybridized carbons (Fsp3) is 0. The minimum atomic E-state index is -0.173. The van der Waals surface area contributed by atoms with E-state index in [4.69, 9.17) is 23.2 Å². The average Bonchev–Trinajstić information content (AvgIpc) is 3.01. The minimum absolute atomic E-state index is 0.0460. The van der Waals surface area contributed by atoms with Gasteiger partial charge < -0.3 is 10.2 Å². The fourth-order valence-electron chi connectivity index (χ4n) is 2.11. The van der Waals surface area contributed by atoms with Gasteiger partial charge >= 0.3 is 0 Å². The summed E-state index contributed by atoms with van der Waals surface area (Å²) in [6.07, 6.45) is 0. The molecule has 6 heteroatoms. The van der Waals surface area contributed by atoms with E-state index in [1.807, 2.05) is 0 Å². The van der Waals surface area contributed by atoms with E-state index in [1.165, 1.54) is 23.5 Å². The van der Waals surface area contributed by atoms with Crippen LogP contribution >= 0.6 is 34.5 Å². The number of rotatable bonds is 3. The molecule has 0 saturated carbocycles. The van der Waals surface area contributed by atoms with Crippen LogP contribution < -0.4 is 0 Å². The Labute approximate surface area is 146 Å². The molecular formula is C17H10Cl2O3S. The molecule has 1 aromatic heterocycles. The standard InChI is InChI=1S/C17H10Cl2O3S/c18-12-7-10(8-13(19)17(12)22)14-4-5-15(23-14)16(21)9-2-1-3-11(20)6-9/h1-8,20,22H. The van der Waals surface area contributed by atoms with E-state index in [0.29, 0.717) is 10.4 Å². The number of phenols is 2. The van der Waals surface area contributed by atoms with Crippen molar-refractivity contribution in [1.82, 2.24) is 0 Å². The summed E-state index contributed by atoms with van der Waals surface area (Å²) in [4.78, 5) is 13.8. The van der Waals surface area contributed by atoms with Crippen LogP contribution in [-0.4, -0.2) is 16.0 Å². The van der Waals surface area contributed by atoms with E-state index in [-0.39, 0.29) is 27.3 Å².